The highest BCUT2D eigenvalue weighted by molar-refractivity contribution is 5.92. The molecule has 0 aromatic carbocycles. The number of hydrogen-bond donors (Lipinski definition) is 2. The summed E-state index contributed by atoms with van der Waals surface area (Å²) in [5.41, 5.74) is 0.739. The number of aliphatic carboxylic acids is 2. The topological polar surface area (TPSA) is 74.6 Å². The molecule has 0 saturated carbocycles. The van der Waals surface area contributed by atoms with Gasteiger partial charge in [-0.25, -0.2) is 4.79 Å². The number of rotatable bonds is 6. The highest BCUT2D eigenvalue weighted by Gasteiger charge is 2.44. The number of carbonyl (C=O) groups is 2. The number of allylic oxidation sites excluding steroid dienone is 2. The van der Waals surface area contributed by atoms with Crippen LogP contribution in [0.1, 0.15) is 52.9 Å². The molecule has 0 bridgehead atoms. The Morgan fingerprint density at radius 2 is 1.95 bits per heavy atom. The molecule has 1 atom stereocenters. The fourth-order valence-corrected chi connectivity index (χ4v) is 2.68. The summed E-state index contributed by atoms with van der Waals surface area (Å²) in [5.74, 6) is -1.93. The molecule has 0 aromatic rings. The molecule has 0 saturated heterocycles. The zero-order valence-corrected chi connectivity index (χ0v) is 11.8. The minimum Gasteiger partial charge on any atom is -0.481 e. The van der Waals surface area contributed by atoms with Crippen LogP contribution >= 0.6 is 0 Å². The molecule has 0 radical (unpaired) electrons. The van der Waals surface area contributed by atoms with Crippen molar-refractivity contribution < 1.29 is 19.8 Å². The maximum Gasteiger partial charge on any atom is 0.331 e. The summed E-state index contributed by atoms with van der Waals surface area (Å²) in [6, 6.07) is 0. The Balaban J connectivity index is 3.27. The van der Waals surface area contributed by atoms with Crippen molar-refractivity contribution >= 4 is 11.9 Å². The molecule has 0 aromatic heterocycles. The van der Waals surface area contributed by atoms with Crippen LogP contribution in [-0.4, -0.2) is 22.2 Å². The van der Waals surface area contributed by atoms with Crippen LogP contribution < -0.4 is 0 Å². The van der Waals surface area contributed by atoms with E-state index in [0.29, 0.717) is 12.0 Å². The fourth-order valence-electron chi connectivity index (χ4n) is 2.68. The van der Waals surface area contributed by atoms with E-state index in [2.05, 4.69) is 6.92 Å². The zero-order chi connectivity index (χ0) is 14.6. The molecule has 1 rings (SSSR count). The third kappa shape index (κ3) is 2.88. The van der Waals surface area contributed by atoms with E-state index >= 15 is 0 Å². The van der Waals surface area contributed by atoms with Crippen molar-refractivity contribution in [2.75, 3.05) is 0 Å². The summed E-state index contributed by atoms with van der Waals surface area (Å²) < 4.78 is 0. The molecular weight excluding hydrogens is 244 g/mol. The van der Waals surface area contributed by atoms with Gasteiger partial charge in [-0.2, -0.15) is 0 Å². The molecule has 4 nitrogen and oxygen atoms in total. The summed E-state index contributed by atoms with van der Waals surface area (Å²) in [5, 5.41) is 18.8. The lowest BCUT2D eigenvalue weighted by Crippen LogP contribution is -2.36. The van der Waals surface area contributed by atoms with Crippen LogP contribution in [0, 0.1) is 5.41 Å². The molecule has 0 spiro atoms. The Hall–Kier alpha value is -1.58. The standard InChI is InChI=1S/C15H22O4/c1-4-6-7-11-8-10(3)12(13(16)17)9-15(11,5-2)14(18)19/h8H,4-7,9H2,1-3H3,(H,16,17)(H,18,19). The molecule has 106 valence electrons. The first kappa shape index (κ1) is 15.5. The predicted octanol–water partition coefficient (Wildman–Crippen LogP) is 3.39. The highest BCUT2D eigenvalue weighted by Crippen LogP contribution is 2.45. The van der Waals surface area contributed by atoms with Gasteiger partial charge in [0.1, 0.15) is 0 Å². The molecule has 2 N–H and O–H groups in total. The van der Waals surface area contributed by atoms with E-state index in [1.165, 1.54) is 0 Å². The Morgan fingerprint density at radius 3 is 2.37 bits per heavy atom. The van der Waals surface area contributed by atoms with Crippen molar-refractivity contribution in [2.45, 2.75) is 52.9 Å². The minimum absolute atomic E-state index is 0.0928. The first-order chi connectivity index (χ1) is 8.89. The molecular formula is C15H22O4. The van der Waals surface area contributed by atoms with Gasteiger partial charge in [0, 0.05) is 5.57 Å². The smallest absolute Gasteiger partial charge is 0.331 e. The Kier molecular flexibility index (Phi) is 4.92. The Bertz CT molecular complexity index is 445. The van der Waals surface area contributed by atoms with Gasteiger partial charge in [0.15, 0.2) is 0 Å². The molecule has 4 heteroatoms. The van der Waals surface area contributed by atoms with Gasteiger partial charge in [0.2, 0.25) is 0 Å². The lowest BCUT2D eigenvalue weighted by Gasteiger charge is -2.35. The van der Waals surface area contributed by atoms with Gasteiger partial charge in [0.25, 0.3) is 0 Å². The lowest BCUT2D eigenvalue weighted by molar-refractivity contribution is -0.147. The van der Waals surface area contributed by atoms with E-state index in [9.17, 15) is 19.8 Å². The van der Waals surface area contributed by atoms with Crippen LogP contribution in [0.15, 0.2) is 22.8 Å². The van der Waals surface area contributed by atoms with Crippen molar-refractivity contribution in [2.24, 2.45) is 5.41 Å². The highest BCUT2D eigenvalue weighted by atomic mass is 16.4. The van der Waals surface area contributed by atoms with E-state index in [1.54, 1.807) is 13.0 Å². The third-order valence-corrected chi connectivity index (χ3v) is 4.03. The molecule has 1 unspecified atom stereocenters. The van der Waals surface area contributed by atoms with Crippen LogP contribution in [0.25, 0.3) is 0 Å². The van der Waals surface area contributed by atoms with Gasteiger partial charge < -0.3 is 10.2 Å². The molecule has 1 aliphatic carbocycles. The van der Waals surface area contributed by atoms with Crippen molar-refractivity contribution in [3.05, 3.63) is 22.8 Å². The summed E-state index contributed by atoms with van der Waals surface area (Å²) in [4.78, 5) is 22.9. The van der Waals surface area contributed by atoms with E-state index in [4.69, 9.17) is 0 Å². The molecule has 1 aliphatic rings. The van der Waals surface area contributed by atoms with Gasteiger partial charge in [-0.15, -0.1) is 0 Å². The molecule has 0 amide bonds. The lowest BCUT2D eigenvalue weighted by atomic mass is 9.67. The Morgan fingerprint density at radius 1 is 1.32 bits per heavy atom. The van der Waals surface area contributed by atoms with Crippen LogP contribution in [0.3, 0.4) is 0 Å². The average molecular weight is 266 g/mol. The maximum absolute atomic E-state index is 11.7. The molecule has 19 heavy (non-hydrogen) atoms. The van der Waals surface area contributed by atoms with Crippen molar-refractivity contribution in [3.63, 3.8) is 0 Å². The second-order valence-electron chi connectivity index (χ2n) is 5.16. The maximum atomic E-state index is 11.7. The van der Waals surface area contributed by atoms with Crippen molar-refractivity contribution in [1.29, 1.82) is 0 Å². The van der Waals surface area contributed by atoms with Crippen molar-refractivity contribution in [1.82, 2.24) is 0 Å². The summed E-state index contributed by atoms with van der Waals surface area (Å²) >= 11 is 0. The normalized spacial score (nSPS) is 23.2. The van der Waals surface area contributed by atoms with Gasteiger partial charge in [0.05, 0.1) is 5.41 Å². The van der Waals surface area contributed by atoms with E-state index in [1.807, 2.05) is 6.92 Å². The number of hydrogen-bond acceptors (Lipinski definition) is 2. The third-order valence-electron chi connectivity index (χ3n) is 4.03. The second-order valence-corrected chi connectivity index (χ2v) is 5.16. The number of carboxylic acid groups (broad SMARTS) is 2. The molecule has 0 aliphatic heterocycles. The predicted molar refractivity (Wildman–Crippen MR) is 72.9 cm³/mol. The Labute approximate surface area is 113 Å². The quantitative estimate of drug-likeness (QED) is 0.772. The van der Waals surface area contributed by atoms with Crippen LogP contribution in [0.2, 0.25) is 0 Å². The summed E-state index contributed by atoms with van der Waals surface area (Å²) in [6.45, 7) is 5.62. The van der Waals surface area contributed by atoms with Crippen LogP contribution in [0.4, 0.5) is 0 Å². The summed E-state index contributed by atoms with van der Waals surface area (Å²) in [7, 11) is 0. The monoisotopic (exact) mass is 266 g/mol. The SMILES string of the molecule is CCCCC1=CC(C)=C(C(=O)O)CC1(CC)C(=O)O. The second kappa shape index (κ2) is 6.04. The average Bonchev–Trinajstić information content (AvgIpc) is 2.35. The molecule has 0 fully saturated rings. The van der Waals surface area contributed by atoms with Gasteiger partial charge in [-0.3, -0.25) is 4.79 Å². The van der Waals surface area contributed by atoms with Gasteiger partial charge in [-0.05, 0) is 38.2 Å². The first-order valence-corrected chi connectivity index (χ1v) is 6.76. The first-order valence-electron chi connectivity index (χ1n) is 6.76. The zero-order valence-electron chi connectivity index (χ0n) is 11.8. The number of carboxylic acids is 2. The van der Waals surface area contributed by atoms with Crippen molar-refractivity contribution in [3.8, 4) is 0 Å². The minimum atomic E-state index is -1.04. The van der Waals surface area contributed by atoms with Gasteiger partial charge in [-0.1, -0.05) is 31.9 Å². The van der Waals surface area contributed by atoms with Crippen LogP contribution in [-0.2, 0) is 9.59 Å². The number of unbranched alkanes of at least 4 members (excludes halogenated alkanes) is 1. The van der Waals surface area contributed by atoms with Crippen LogP contribution in [0.5, 0.6) is 0 Å². The van der Waals surface area contributed by atoms with E-state index < -0.39 is 17.4 Å². The summed E-state index contributed by atoms with van der Waals surface area (Å²) in [6.07, 6.45) is 4.93. The van der Waals surface area contributed by atoms with E-state index in [0.717, 1.165) is 24.8 Å². The largest absolute Gasteiger partial charge is 0.481 e. The fraction of sp³-hybridized carbons (Fsp3) is 0.600. The van der Waals surface area contributed by atoms with E-state index in [-0.39, 0.29) is 12.0 Å². The van der Waals surface area contributed by atoms with Gasteiger partial charge >= 0.3 is 11.9 Å². The molecule has 0 heterocycles.